The second-order valence-electron chi connectivity index (χ2n) is 6.76. The minimum absolute atomic E-state index is 0.0545. The van der Waals surface area contributed by atoms with Gasteiger partial charge in [0.25, 0.3) is 0 Å². The van der Waals surface area contributed by atoms with Crippen LogP contribution in [0.5, 0.6) is 5.75 Å². The van der Waals surface area contributed by atoms with Gasteiger partial charge in [-0.1, -0.05) is 23.7 Å². The minimum atomic E-state index is -0.520. The zero-order valence-corrected chi connectivity index (χ0v) is 15.3. The van der Waals surface area contributed by atoms with Crippen LogP contribution in [0.15, 0.2) is 64.1 Å². The molecule has 0 N–H and O–H groups in total. The SMILES string of the molecule is Cc1ccc(C2=NN3[C@@H](c4cccc(F)c4)Oc4ccc(Cl)cc4[C@@H]3C2)o1. The van der Waals surface area contributed by atoms with Crippen molar-refractivity contribution in [1.29, 1.82) is 0 Å². The van der Waals surface area contributed by atoms with Gasteiger partial charge < -0.3 is 9.15 Å². The second kappa shape index (κ2) is 6.13. The van der Waals surface area contributed by atoms with Gasteiger partial charge in [-0.15, -0.1) is 0 Å². The van der Waals surface area contributed by atoms with Crippen LogP contribution in [-0.4, -0.2) is 10.7 Å². The number of hydrazone groups is 1. The van der Waals surface area contributed by atoms with Gasteiger partial charge in [0.2, 0.25) is 6.23 Å². The summed E-state index contributed by atoms with van der Waals surface area (Å²) in [6.45, 7) is 1.90. The number of hydrogen-bond donors (Lipinski definition) is 0. The van der Waals surface area contributed by atoms with Crippen LogP contribution in [-0.2, 0) is 0 Å². The molecule has 6 heteroatoms. The summed E-state index contributed by atoms with van der Waals surface area (Å²) >= 11 is 6.22. The largest absolute Gasteiger partial charge is 0.464 e. The van der Waals surface area contributed by atoms with E-state index >= 15 is 0 Å². The highest BCUT2D eigenvalue weighted by Gasteiger charge is 2.41. The zero-order valence-electron chi connectivity index (χ0n) is 14.5. The highest BCUT2D eigenvalue weighted by molar-refractivity contribution is 6.30. The number of benzene rings is 2. The van der Waals surface area contributed by atoms with Gasteiger partial charge in [-0.05, 0) is 49.4 Å². The summed E-state index contributed by atoms with van der Waals surface area (Å²) in [5, 5.41) is 7.29. The zero-order chi connectivity index (χ0) is 18.5. The van der Waals surface area contributed by atoms with E-state index < -0.39 is 6.23 Å². The Bertz CT molecular complexity index is 1060. The predicted molar refractivity (Wildman–Crippen MR) is 100 cm³/mol. The van der Waals surface area contributed by atoms with Gasteiger partial charge in [0.15, 0.2) is 0 Å². The maximum Gasteiger partial charge on any atom is 0.213 e. The third kappa shape index (κ3) is 2.79. The van der Waals surface area contributed by atoms with Gasteiger partial charge in [0, 0.05) is 22.6 Å². The Balaban J connectivity index is 1.62. The van der Waals surface area contributed by atoms with Crippen molar-refractivity contribution >= 4 is 17.3 Å². The van der Waals surface area contributed by atoms with Crippen LogP contribution in [0.2, 0.25) is 5.02 Å². The Hall–Kier alpha value is -2.79. The average molecular weight is 383 g/mol. The lowest BCUT2D eigenvalue weighted by atomic mass is 9.97. The summed E-state index contributed by atoms with van der Waals surface area (Å²) in [5.41, 5.74) is 2.52. The fourth-order valence-corrected chi connectivity index (χ4v) is 3.86. The van der Waals surface area contributed by atoms with Gasteiger partial charge in [0.1, 0.15) is 28.8 Å². The smallest absolute Gasteiger partial charge is 0.213 e. The molecule has 3 heterocycles. The highest BCUT2D eigenvalue weighted by Crippen LogP contribution is 2.48. The molecule has 5 rings (SSSR count). The second-order valence-corrected chi connectivity index (χ2v) is 7.20. The van der Waals surface area contributed by atoms with E-state index in [0.29, 0.717) is 17.0 Å². The number of halogens is 2. The molecule has 2 aliphatic rings. The number of furan rings is 1. The summed E-state index contributed by atoms with van der Waals surface area (Å²) < 4.78 is 25.8. The first kappa shape index (κ1) is 16.4. The number of nitrogens with zero attached hydrogens (tertiary/aromatic N) is 2. The molecule has 0 fully saturated rings. The van der Waals surface area contributed by atoms with E-state index in [9.17, 15) is 4.39 Å². The maximum absolute atomic E-state index is 13.8. The van der Waals surface area contributed by atoms with Crippen molar-refractivity contribution < 1.29 is 13.5 Å². The quantitative estimate of drug-likeness (QED) is 0.577. The van der Waals surface area contributed by atoms with E-state index in [-0.39, 0.29) is 11.9 Å². The molecule has 27 heavy (non-hydrogen) atoms. The van der Waals surface area contributed by atoms with Crippen molar-refractivity contribution in [2.75, 3.05) is 0 Å². The highest BCUT2D eigenvalue weighted by atomic mass is 35.5. The monoisotopic (exact) mass is 382 g/mol. The summed E-state index contributed by atoms with van der Waals surface area (Å²) in [6, 6.07) is 15.8. The van der Waals surface area contributed by atoms with E-state index in [4.69, 9.17) is 25.9 Å². The molecule has 136 valence electrons. The molecule has 0 bridgehead atoms. The molecule has 3 aromatic rings. The lowest BCUT2D eigenvalue weighted by Crippen LogP contribution is -2.33. The Morgan fingerprint density at radius 1 is 1.15 bits per heavy atom. The molecule has 0 spiro atoms. The number of ether oxygens (including phenoxy) is 1. The molecule has 0 amide bonds. The minimum Gasteiger partial charge on any atom is -0.464 e. The number of fused-ring (bicyclic) bond motifs is 3. The van der Waals surface area contributed by atoms with Crippen LogP contribution in [0, 0.1) is 12.7 Å². The van der Waals surface area contributed by atoms with Gasteiger partial charge >= 0.3 is 0 Å². The molecule has 2 atom stereocenters. The molecule has 0 unspecified atom stereocenters. The molecule has 4 nitrogen and oxygen atoms in total. The third-order valence-electron chi connectivity index (χ3n) is 4.91. The van der Waals surface area contributed by atoms with Gasteiger partial charge in [-0.3, -0.25) is 0 Å². The number of rotatable bonds is 2. The third-order valence-corrected chi connectivity index (χ3v) is 5.15. The average Bonchev–Trinajstić information content (AvgIpc) is 3.27. The summed E-state index contributed by atoms with van der Waals surface area (Å²) in [5.74, 6) is 2.00. The summed E-state index contributed by atoms with van der Waals surface area (Å²) in [7, 11) is 0. The first-order valence-corrected chi connectivity index (χ1v) is 9.10. The molecular weight excluding hydrogens is 367 g/mol. The van der Waals surface area contributed by atoms with Gasteiger partial charge in [-0.2, -0.15) is 5.10 Å². The molecule has 0 aliphatic carbocycles. The lowest BCUT2D eigenvalue weighted by molar-refractivity contribution is -0.0192. The Morgan fingerprint density at radius 3 is 2.81 bits per heavy atom. The van der Waals surface area contributed by atoms with E-state index in [1.807, 2.05) is 42.3 Å². The molecule has 0 saturated carbocycles. The van der Waals surface area contributed by atoms with Crippen LogP contribution in [0.4, 0.5) is 4.39 Å². The van der Waals surface area contributed by atoms with Crippen LogP contribution in [0.1, 0.15) is 41.3 Å². The first-order chi connectivity index (χ1) is 13.1. The van der Waals surface area contributed by atoms with Crippen molar-refractivity contribution in [3.05, 3.63) is 88.1 Å². The van der Waals surface area contributed by atoms with Crippen LogP contribution < -0.4 is 4.74 Å². The fraction of sp³-hybridized carbons (Fsp3) is 0.190. The van der Waals surface area contributed by atoms with Crippen molar-refractivity contribution in [2.45, 2.75) is 25.6 Å². The topological polar surface area (TPSA) is 38.0 Å². The van der Waals surface area contributed by atoms with Crippen molar-refractivity contribution in [3.63, 3.8) is 0 Å². The lowest BCUT2D eigenvalue weighted by Gasteiger charge is -2.38. The van der Waals surface area contributed by atoms with E-state index in [1.54, 1.807) is 12.1 Å². The number of aryl methyl sites for hydroxylation is 1. The summed E-state index contributed by atoms with van der Waals surface area (Å²) in [6.07, 6.45) is 0.142. The molecule has 1 aromatic heterocycles. The first-order valence-electron chi connectivity index (χ1n) is 8.73. The van der Waals surface area contributed by atoms with E-state index in [2.05, 4.69) is 0 Å². The molecule has 2 aliphatic heterocycles. The molecule has 0 saturated heterocycles. The standard InChI is InChI=1S/C21H16ClFN2O2/c1-12-5-7-20(26-12)17-11-18-16-10-14(22)6-8-19(16)27-21(25(18)24-17)13-3-2-4-15(23)9-13/h2-10,18,21H,11H2,1H3/t18-,21+/m0/s1. The molecule has 0 radical (unpaired) electrons. The van der Waals surface area contributed by atoms with Gasteiger partial charge in [0.05, 0.1) is 6.04 Å². The Kier molecular flexibility index (Phi) is 3.72. The number of hydrogen-bond acceptors (Lipinski definition) is 4. The summed E-state index contributed by atoms with van der Waals surface area (Å²) in [4.78, 5) is 0. The van der Waals surface area contributed by atoms with Crippen LogP contribution >= 0.6 is 11.6 Å². The predicted octanol–water partition coefficient (Wildman–Crippen LogP) is 5.62. The molecule has 2 aromatic carbocycles. The van der Waals surface area contributed by atoms with Crippen molar-refractivity contribution in [2.24, 2.45) is 5.10 Å². The van der Waals surface area contributed by atoms with Crippen LogP contribution in [0.3, 0.4) is 0 Å². The van der Waals surface area contributed by atoms with E-state index in [0.717, 1.165) is 28.5 Å². The van der Waals surface area contributed by atoms with E-state index in [1.165, 1.54) is 12.1 Å². The van der Waals surface area contributed by atoms with Crippen molar-refractivity contribution in [1.82, 2.24) is 5.01 Å². The Morgan fingerprint density at radius 2 is 2.04 bits per heavy atom. The normalized spacial score (nSPS) is 20.7. The fourth-order valence-electron chi connectivity index (χ4n) is 3.68. The van der Waals surface area contributed by atoms with Gasteiger partial charge in [-0.25, -0.2) is 9.40 Å². The van der Waals surface area contributed by atoms with Crippen LogP contribution in [0.25, 0.3) is 0 Å². The van der Waals surface area contributed by atoms with Crippen molar-refractivity contribution in [3.8, 4) is 5.75 Å². The maximum atomic E-state index is 13.8. The Labute approximate surface area is 160 Å². The molecular formula is C21H16ClFN2O2.